The summed E-state index contributed by atoms with van der Waals surface area (Å²) in [6, 6.07) is 4.18. The van der Waals surface area contributed by atoms with Gasteiger partial charge in [-0.25, -0.2) is 14.4 Å². The molecule has 3 aliphatic heterocycles. The first-order valence-corrected chi connectivity index (χ1v) is 11.0. The number of urea groups is 1. The van der Waals surface area contributed by atoms with Crippen molar-refractivity contribution in [3.8, 4) is 11.5 Å². The van der Waals surface area contributed by atoms with Gasteiger partial charge in [0.05, 0.1) is 24.8 Å². The Labute approximate surface area is 191 Å². The van der Waals surface area contributed by atoms with Gasteiger partial charge in [0, 0.05) is 38.4 Å². The van der Waals surface area contributed by atoms with Crippen LogP contribution in [-0.4, -0.2) is 80.6 Å². The molecule has 0 bridgehead atoms. The highest BCUT2D eigenvalue weighted by Crippen LogP contribution is 2.37. The average molecular weight is 460 g/mol. The number of nitrogens with zero attached hydrogens (tertiary/aromatic N) is 2. The van der Waals surface area contributed by atoms with Crippen LogP contribution in [0.4, 0.5) is 9.59 Å². The molecule has 3 amide bonds. The fraction of sp³-hybridized carbons (Fsp3) is 0.500. The number of rotatable bonds is 6. The minimum Gasteiger partial charge on any atom is -0.463 e. The summed E-state index contributed by atoms with van der Waals surface area (Å²) >= 11 is 0. The number of nitrogens with one attached hydrogen (secondary N) is 2. The van der Waals surface area contributed by atoms with Gasteiger partial charge >= 0.3 is 18.1 Å². The molecule has 3 heterocycles. The summed E-state index contributed by atoms with van der Waals surface area (Å²) in [4.78, 5) is 41.2. The zero-order valence-corrected chi connectivity index (χ0v) is 18.7. The molecule has 1 aromatic rings. The van der Waals surface area contributed by atoms with E-state index in [0.717, 1.165) is 0 Å². The standard InChI is InChI=1S/C22H28N4O7/c1-3-30-20(27)18-15(12-25-7-9-26(10-8-25)22(29)31-4-2)23-21(28)24-19(18)14-5-6-16-17(11-14)33-13-32-16/h5-6,11,19H,3-4,7-10,12-13H2,1-2H3,(H2,23,24,28)/t19-/m1/s1. The number of esters is 1. The van der Waals surface area contributed by atoms with Gasteiger partial charge in [0.15, 0.2) is 11.5 Å². The van der Waals surface area contributed by atoms with Gasteiger partial charge in [-0.3, -0.25) is 4.90 Å². The highest BCUT2D eigenvalue weighted by atomic mass is 16.7. The minimum absolute atomic E-state index is 0.126. The highest BCUT2D eigenvalue weighted by Gasteiger charge is 2.35. The molecule has 0 aliphatic carbocycles. The molecule has 3 aliphatic rings. The van der Waals surface area contributed by atoms with Gasteiger partial charge in [-0.2, -0.15) is 0 Å². The Morgan fingerprint density at radius 2 is 1.79 bits per heavy atom. The van der Waals surface area contributed by atoms with E-state index in [9.17, 15) is 14.4 Å². The Bertz CT molecular complexity index is 956. The molecule has 4 rings (SSSR count). The molecule has 0 spiro atoms. The quantitative estimate of drug-likeness (QED) is 0.611. The number of amides is 3. The third kappa shape index (κ3) is 4.98. The van der Waals surface area contributed by atoms with Gasteiger partial charge in [-0.05, 0) is 31.5 Å². The fourth-order valence-electron chi connectivity index (χ4n) is 4.06. The first kappa shape index (κ1) is 22.7. The number of fused-ring (bicyclic) bond motifs is 1. The Kier molecular flexibility index (Phi) is 6.87. The molecule has 0 radical (unpaired) electrons. The number of benzene rings is 1. The topological polar surface area (TPSA) is 119 Å². The molecule has 1 fully saturated rings. The summed E-state index contributed by atoms with van der Waals surface area (Å²) in [6.45, 7) is 6.65. The molecule has 2 N–H and O–H groups in total. The summed E-state index contributed by atoms with van der Waals surface area (Å²) in [5.74, 6) is 0.660. The van der Waals surface area contributed by atoms with Crippen LogP contribution < -0.4 is 20.1 Å². The number of hydrogen-bond acceptors (Lipinski definition) is 8. The largest absolute Gasteiger partial charge is 0.463 e. The number of carbonyl (C=O) groups is 3. The van der Waals surface area contributed by atoms with E-state index in [4.69, 9.17) is 18.9 Å². The Balaban J connectivity index is 1.58. The number of ether oxygens (including phenoxy) is 4. The molecule has 0 saturated carbocycles. The molecule has 1 saturated heterocycles. The van der Waals surface area contributed by atoms with Crippen LogP contribution >= 0.6 is 0 Å². The van der Waals surface area contributed by atoms with Crippen molar-refractivity contribution in [3.05, 3.63) is 35.0 Å². The number of piperazine rings is 1. The smallest absolute Gasteiger partial charge is 0.409 e. The maximum absolute atomic E-state index is 13.0. The normalized spacial score (nSPS) is 20.2. The van der Waals surface area contributed by atoms with Crippen molar-refractivity contribution in [2.75, 3.05) is 52.7 Å². The van der Waals surface area contributed by atoms with E-state index in [1.54, 1.807) is 36.9 Å². The molecular formula is C22H28N4O7. The Hall–Kier alpha value is -3.47. The van der Waals surface area contributed by atoms with Crippen molar-refractivity contribution in [1.82, 2.24) is 20.4 Å². The van der Waals surface area contributed by atoms with Crippen LogP contribution in [0.15, 0.2) is 29.5 Å². The van der Waals surface area contributed by atoms with E-state index in [1.807, 2.05) is 0 Å². The van der Waals surface area contributed by atoms with Crippen molar-refractivity contribution in [2.24, 2.45) is 0 Å². The Morgan fingerprint density at radius 3 is 2.52 bits per heavy atom. The van der Waals surface area contributed by atoms with Crippen LogP contribution in [0.3, 0.4) is 0 Å². The SMILES string of the molecule is CCOC(=O)C1=C(CN2CCN(C(=O)OCC)CC2)NC(=O)N[C@@H]1c1ccc2c(c1)OCO2. The second-order valence-electron chi connectivity index (χ2n) is 7.72. The molecule has 33 heavy (non-hydrogen) atoms. The number of carbonyl (C=O) groups excluding carboxylic acids is 3. The van der Waals surface area contributed by atoms with Crippen LogP contribution in [0.25, 0.3) is 0 Å². The first-order chi connectivity index (χ1) is 16.0. The fourth-order valence-corrected chi connectivity index (χ4v) is 4.06. The molecule has 1 atom stereocenters. The molecule has 11 nitrogen and oxygen atoms in total. The molecule has 0 unspecified atom stereocenters. The average Bonchev–Trinajstić information content (AvgIpc) is 3.27. The van der Waals surface area contributed by atoms with Crippen molar-refractivity contribution in [2.45, 2.75) is 19.9 Å². The van der Waals surface area contributed by atoms with E-state index in [2.05, 4.69) is 15.5 Å². The van der Waals surface area contributed by atoms with E-state index in [-0.39, 0.29) is 19.5 Å². The minimum atomic E-state index is -0.705. The molecule has 178 valence electrons. The monoisotopic (exact) mass is 460 g/mol. The van der Waals surface area contributed by atoms with Gasteiger partial charge < -0.3 is 34.5 Å². The lowest BCUT2D eigenvalue weighted by atomic mass is 9.94. The second-order valence-corrected chi connectivity index (χ2v) is 7.72. The van der Waals surface area contributed by atoms with Crippen molar-refractivity contribution in [3.63, 3.8) is 0 Å². The summed E-state index contributed by atoms with van der Waals surface area (Å²) in [6.07, 6.45) is -0.332. The van der Waals surface area contributed by atoms with Gasteiger partial charge in [0.1, 0.15) is 0 Å². The second kappa shape index (κ2) is 9.99. The van der Waals surface area contributed by atoms with Crippen molar-refractivity contribution >= 4 is 18.1 Å². The van der Waals surface area contributed by atoms with Gasteiger partial charge in [-0.1, -0.05) is 6.07 Å². The van der Waals surface area contributed by atoms with Crippen LogP contribution in [0.1, 0.15) is 25.5 Å². The molecular weight excluding hydrogens is 432 g/mol. The predicted molar refractivity (Wildman–Crippen MR) is 116 cm³/mol. The van der Waals surface area contributed by atoms with Crippen molar-refractivity contribution in [1.29, 1.82) is 0 Å². The predicted octanol–water partition coefficient (Wildman–Crippen LogP) is 1.36. The van der Waals surface area contributed by atoms with E-state index in [1.165, 1.54) is 0 Å². The summed E-state index contributed by atoms with van der Waals surface area (Å²) in [7, 11) is 0. The van der Waals surface area contributed by atoms with Crippen LogP contribution in [0, 0.1) is 0 Å². The third-order valence-electron chi connectivity index (χ3n) is 5.66. The lowest BCUT2D eigenvalue weighted by Crippen LogP contribution is -2.52. The van der Waals surface area contributed by atoms with Crippen LogP contribution in [-0.2, 0) is 14.3 Å². The molecule has 0 aromatic heterocycles. The van der Waals surface area contributed by atoms with E-state index < -0.39 is 18.0 Å². The lowest BCUT2D eigenvalue weighted by molar-refractivity contribution is -0.139. The maximum atomic E-state index is 13.0. The summed E-state index contributed by atoms with van der Waals surface area (Å²) in [5.41, 5.74) is 1.49. The van der Waals surface area contributed by atoms with Gasteiger partial charge in [0.25, 0.3) is 0 Å². The Morgan fingerprint density at radius 1 is 1.06 bits per heavy atom. The summed E-state index contributed by atoms with van der Waals surface area (Å²) < 4.78 is 21.2. The van der Waals surface area contributed by atoms with Crippen LogP contribution in [0.5, 0.6) is 11.5 Å². The van der Waals surface area contributed by atoms with E-state index in [0.29, 0.717) is 67.7 Å². The maximum Gasteiger partial charge on any atom is 0.409 e. The molecule has 11 heteroatoms. The lowest BCUT2D eigenvalue weighted by Gasteiger charge is -2.36. The van der Waals surface area contributed by atoms with Gasteiger partial charge in [-0.15, -0.1) is 0 Å². The number of hydrogen-bond donors (Lipinski definition) is 2. The summed E-state index contributed by atoms with van der Waals surface area (Å²) in [5, 5.41) is 5.61. The first-order valence-electron chi connectivity index (χ1n) is 11.0. The highest BCUT2D eigenvalue weighted by molar-refractivity contribution is 5.95. The third-order valence-corrected chi connectivity index (χ3v) is 5.66. The zero-order valence-electron chi connectivity index (χ0n) is 18.7. The van der Waals surface area contributed by atoms with Gasteiger partial charge in [0.2, 0.25) is 6.79 Å². The molecule has 1 aromatic carbocycles. The van der Waals surface area contributed by atoms with Crippen molar-refractivity contribution < 1.29 is 33.3 Å². The van der Waals surface area contributed by atoms with Crippen LogP contribution in [0.2, 0.25) is 0 Å². The zero-order chi connectivity index (χ0) is 23.4. The van der Waals surface area contributed by atoms with E-state index >= 15 is 0 Å².